The van der Waals surface area contributed by atoms with Crippen molar-refractivity contribution in [3.8, 4) is 18.1 Å². The molecule has 0 radical (unpaired) electrons. The standard InChI is InChI=1S/C48H68FN6O7P/c1-4-7-9-11-13-15-17-23-29-38(30-24-18-16-14-12-10-8-5-2)55(40(46(57)58)33-37-27-21-19-22-28-37)63(59,62-39-31-25-20-26-32-39)60-35-48(6-3)41(56)34-42(61-48)54-36-51-43-44(50)52-47(49)53-45(43)54/h3,19-22,25-28,31-32,36,38,40-42,56H,4-5,7-18,23-24,29-30,33-35H2,1-2H3,(H,57,58)(H2,50,52,53)/t40?,41-,42+,48+,63?/m0/s1. The maximum Gasteiger partial charge on any atom is 0.462 e. The first kappa shape index (κ1) is 49.6. The number of nitrogen functional groups attached to an aromatic ring is 1. The summed E-state index contributed by atoms with van der Waals surface area (Å²) < 4.78 is 52.7. The minimum absolute atomic E-state index is 0.0176. The summed E-state index contributed by atoms with van der Waals surface area (Å²) in [5, 5.41) is 22.8. The summed E-state index contributed by atoms with van der Waals surface area (Å²) in [6.07, 6.45) is 22.5. The lowest BCUT2D eigenvalue weighted by Gasteiger charge is -2.41. The molecule has 0 aliphatic carbocycles. The fourth-order valence-electron chi connectivity index (χ4n) is 8.47. The van der Waals surface area contributed by atoms with Crippen LogP contribution in [0, 0.1) is 18.4 Å². The molecule has 4 N–H and O–H groups in total. The number of carbonyl (C=O) groups is 1. The number of aliphatic hydroxyl groups excluding tert-OH is 1. The number of anilines is 1. The van der Waals surface area contributed by atoms with Gasteiger partial charge in [-0.1, -0.05) is 171 Å². The van der Waals surface area contributed by atoms with Gasteiger partial charge in [0.2, 0.25) is 0 Å². The number of carboxylic acids is 1. The molecule has 5 rings (SSSR count). The monoisotopic (exact) mass is 890 g/mol. The lowest BCUT2D eigenvalue weighted by atomic mass is 9.97. The van der Waals surface area contributed by atoms with E-state index in [1.165, 1.54) is 66.9 Å². The Morgan fingerprint density at radius 1 is 0.937 bits per heavy atom. The van der Waals surface area contributed by atoms with Crippen molar-refractivity contribution in [3.63, 3.8) is 0 Å². The third-order valence-electron chi connectivity index (χ3n) is 12.0. The van der Waals surface area contributed by atoms with Gasteiger partial charge in [-0.2, -0.15) is 19.0 Å². The van der Waals surface area contributed by atoms with Crippen molar-refractivity contribution < 1.29 is 37.7 Å². The Hall–Kier alpha value is -4.38. The second kappa shape index (κ2) is 25.2. The highest BCUT2D eigenvalue weighted by Gasteiger charge is 2.53. The van der Waals surface area contributed by atoms with Crippen molar-refractivity contribution in [2.24, 2.45) is 0 Å². The lowest BCUT2D eigenvalue weighted by molar-refractivity contribution is -0.143. The Bertz CT molecular complexity index is 2050. The van der Waals surface area contributed by atoms with Gasteiger partial charge in [0.25, 0.3) is 0 Å². The van der Waals surface area contributed by atoms with Crippen LogP contribution in [0.5, 0.6) is 5.75 Å². The van der Waals surface area contributed by atoms with Gasteiger partial charge in [0.15, 0.2) is 22.6 Å². The summed E-state index contributed by atoms with van der Waals surface area (Å²) in [6, 6.07) is 15.9. The third-order valence-corrected chi connectivity index (χ3v) is 14.1. The fraction of sp³-hybridized carbons (Fsp3) is 0.583. The highest BCUT2D eigenvalue weighted by atomic mass is 31.2. The van der Waals surface area contributed by atoms with Gasteiger partial charge in [-0.3, -0.25) is 13.9 Å². The Morgan fingerprint density at radius 3 is 2.05 bits per heavy atom. The van der Waals surface area contributed by atoms with Gasteiger partial charge in [0.1, 0.15) is 30.7 Å². The number of imidazole rings is 1. The van der Waals surface area contributed by atoms with Crippen LogP contribution in [0.2, 0.25) is 0 Å². The van der Waals surface area contributed by atoms with E-state index in [1.54, 1.807) is 30.3 Å². The first-order chi connectivity index (χ1) is 30.5. The van der Waals surface area contributed by atoms with E-state index in [4.69, 9.17) is 25.9 Å². The highest BCUT2D eigenvalue weighted by Crippen LogP contribution is 2.57. The van der Waals surface area contributed by atoms with Gasteiger partial charge in [-0.05, 0) is 37.0 Å². The van der Waals surface area contributed by atoms with Crippen LogP contribution in [-0.4, -0.2) is 70.8 Å². The number of nitrogens with zero attached hydrogens (tertiary/aromatic N) is 5. The predicted molar refractivity (Wildman–Crippen MR) is 244 cm³/mol. The molecule has 1 saturated heterocycles. The Kier molecular flexibility index (Phi) is 19.9. The van der Waals surface area contributed by atoms with Crippen molar-refractivity contribution in [2.45, 2.75) is 172 Å². The van der Waals surface area contributed by atoms with Gasteiger partial charge >= 0.3 is 19.8 Å². The quantitative estimate of drug-likeness (QED) is 0.0196. The zero-order valence-corrected chi connectivity index (χ0v) is 38.1. The van der Waals surface area contributed by atoms with Crippen molar-refractivity contribution >= 4 is 30.7 Å². The van der Waals surface area contributed by atoms with E-state index in [0.29, 0.717) is 12.8 Å². The molecule has 0 saturated carbocycles. The van der Waals surface area contributed by atoms with E-state index in [0.717, 1.165) is 56.9 Å². The first-order valence-electron chi connectivity index (χ1n) is 23.1. The van der Waals surface area contributed by atoms with Crippen molar-refractivity contribution in [3.05, 3.63) is 78.6 Å². The molecule has 2 aromatic heterocycles. The molecular formula is C48H68FN6O7P. The molecule has 2 unspecified atom stereocenters. The number of aliphatic carboxylic acids is 1. The number of aliphatic hydroxyl groups is 1. The lowest BCUT2D eigenvalue weighted by Crippen LogP contribution is -2.49. The van der Waals surface area contributed by atoms with Crippen molar-refractivity contribution in [1.29, 1.82) is 0 Å². The van der Waals surface area contributed by atoms with E-state index >= 15 is 4.57 Å². The third kappa shape index (κ3) is 14.1. The molecule has 63 heavy (non-hydrogen) atoms. The average Bonchev–Trinajstić information content (AvgIpc) is 3.85. The molecule has 0 bridgehead atoms. The van der Waals surface area contributed by atoms with Crippen LogP contribution in [0.25, 0.3) is 11.2 Å². The van der Waals surface area contributed by atoms with Crippen LogP contribution in [0.4, 0.5) is 10.2 Å². The Labute approximate surface area is 372 Å². The number of fused-ring (bicyclic) bond motifs is 1. The number of halogens is 1. The zero-order valence-electron chi connectivity index (χ0n) is 37.2. The molecule has 5 atom stereocenters. The number of ether oxygens (including phenoxy) is 1. The minimum atomic E-state index is -4.71. The molecule has 1 aliphatic rings. The largest absolute Gasteiger partial charge is 0.480 e. The Balaban J connectivity index is 1.51. The van der Waals surface area contributed by atoms with Gasteiger partial charge in [-0.25, -0.2) is 9.55 Å². The smallest absolute Gasteiger partial charge is 0.462 e. The summed E-state index contributed by atoms with van der Waals surface area (Å²) in [6.45, 7) is 3.77. The summed E-state index contributed by atoms with van der Waals surface area (Å²) in [5.41, 5.74) is 4.93. The molecule has 1 aliphatic heterocycles. The summed E-state index contributed by atoms with van der Waals surface area (Å²) in [7, 11) is -4.71. The molecular weight excluding hydrogens is 823 g/mol. The number of nitrogens with two attached hydrogens (primary N) is 1. The van der Waals surface area contributed by atoms with E-state index in [2.05, 4.69) is 34.7 Å². The van der Waals surface area contributed by atoms with Crippen LogP contribution in [-0.2, 0) is 25.0 Å². The number of aromatic nitrogens is 4. The number of para-hydroxylation sites is 1. The van der Waals surface area contributed by atoms with Crippen LogP contribution in [0.3, 0.4) is 0 Å². The van der Waals surface area contributed by atoms with Crippen LogP contribution < -0.4 is 10.3 Å². The molecule has 1 fully saturated rings. The zero-order chi connectivity index (χ0) is 45.1. The molecule has 15 heteroatoms. The average molecular weight is 891 g/mol. The number of carboxylic acid groups (broad SMARTS) is 1. The molecule has 344 valence electrons. The number of rotatable bonds is 30. The molecule has 13 nitrogen and oxygen atoms in total. The number of hydrogen-bond donors (Lipinski definition) is 3. The van der Waals surface area contributed by atoms with Crippen LogP contribution in [0.1, 0.15) is 148 Å². The highest BCUT2D eigenvalue weighted by molar-refractivity contribution is 7.51. The second-order valence-electron chi connectivity index (χ2n) is 16.8. The van der Waals surface area contributed by atoms with E-state index in [9.17, 15) is 19.4 Å². The Morgan fingerprint density at radius 2 is 1.49 bits per heavy atom. The maximum absolute atomic E-state index is 16.1. The van der Waals surface area contributed by atoms with Crippen molar-refractivity contribution in [1.82, 2.24) is 24.2 Å². The predicted octanol–water partition coefficient (Wildman–Crippen LogP) is 10.8. The van der Waals surface area contributed by atoms with Gasteiger partial charge < -0.3 is 25.2 Å². The number of terminal acetylenes is 1. The van der Waals surface area contributed by atoms with Crippen molar-refractivity contribution in [2.75, 3.05) is 12.3 Å². The summed E-state index contributed by atoms with van der Waals surface area (Å²) in [5.74, 6) is 1.40. The van der Waals surface area contributed by atoms with Crippen LogP contribution >= 0.6 is 7.75 Å². The fourth-order valence-corrected chi connectivity index (χ4v) is 10.6. The molecule has 4 aromatic rings. The number of hydrogen-bond acceptors (Lipinski definition) is 10. The molecule has 0 amide bonds. The number of benzene rings is 2. The second-order valence-corrected chi connectivity index (χ2v) is 18.7. The molecule has 2 aromatic carbocycles. The van der Waals surface area contributed by atoms with E-state index < -0.39 is 56.4 Å². The van der Waals surface area contributed by atoms with Gasteiger partial charge in [0.05, 0.1) is 6.33 Å². The topological polar surface area (TPSA) is 175 Å². The van der Waals surface area contributed by atoms with Gasteiger partial charge in [0, 0.05) is 12.5 Å². The summed E-state index contributed by atoms with van der Waals surface area (Å²) >= 11 is 0. The molecule has 3 heterocycles. The number of unbranched alkanes of at least 4 members (excludes halogenated alkanes) is 14. The first-order valence-corrected chi connectivity index (χ1v) is 24.6. The maximum atomic E-state index is 16.1. The normalized spacial score (nSPS) is 19.1. The summed E-state index contributed by atoms with van der Waals surface area (Å²) in [4.78, 5) is 25.3. The van der Waals surface area contributed by atoms with Crippen LogP contribution in [0.15, 0.2) is 67.0 Å². The van der Waals surface area contributed by atoms with E-state index in [-0.39, 0.29) is 35.6 Å². The minimum Gasteiger partial charge on any atom is -0.480 e. The van der Waals surface area contributed by atoms with Gasteiger partial charge in [-0.15, -0.1) is 6.42 Å². The molecule has 0 spiro atoms. The van der Waals surface area contributed by atoms with E-state index in [1.807, 2.05) is 30.3 Å². The SMILES string of the molecule is C#C[C@]1(COP(=O)(Oc2ccccc2)N(C(CCCCCCCCCC)CCCCCCCCCC)C(Cc2ccccc2)C(=O)O)O[C@@H](n2cnc3c(N)nc(F)nc32)C[C@@H]1O.